The number of furan rings is 1. The average molecular weight is 432 g/mol. The predicted molar refractivity (Wildman–Crippen MR) is 127 cm³/mol. The number of hydrogen-bond acceptors (Lipinski definition) is 5. The number of ketones is 2. The highest BCUT2D eigenvalue weighted by Gasteiger charge is 2.44. The smallest absolute Gasteiger partial charge is 0.180 e. The number of benzene rings is 3. The Bertz CT molecular complexity index is 1300. The van der Waals surface area contributed by atoms with Gasteiger partial charge in [-0.3, -0.25) is 9.59 Å². The van der Waals surface area contributed by atoms with Crippen molar-refractivity contribution < 1.29 is 14.0 Å². The summed E-state index contributed by atoms with van der Waals surface area (Å²) in [5.74, 6) is -1.58. The average Bonchev–Trinajstić information content (AvgIpc) is 3.47. The Kier molecular flexibility index (Phi) is 5.60. The van der Waals surface area contributed by atoms with Crippen molar-refractivity contribution in [1.82, 2.24) is 0 Å². The zero-order valence-corrected chi connectivity index (χ0v) is 17.7. The van der Waals surface area contributed by atoms with Crippen molar-refractivity contribution in [3.05, 3.63) is 131 Å². The molecule has 0 N–H and O–H groups in total. The SMILES string of the molecule is O=C1c2ccccc2/C(=N\N=C/c2ccco2)[C@@H]1C(=O)C(c1ccccc1)c1ccccc1. The van der Waals surface area contributed by atoms with Gasteiger partial charge in [-0.25, -0.2) is 0 Å². The molecule has 0 fully saturated rings. The van der Waals surface area contributed by atoms with Crippen LogP contribution in [0.5, 0.6) is 0 Å². The lowest BCUT2D eigenvalue weighted by molar-refractivity contribution is -0.120. The molecule has 5 heteroatoms. The number of carbonyl (C=O) groups is 2. The topological polar surface area (TPSA) is 72.0 Å². The van der Waals surface area contributed by atoms with Crippen LogP contribution in [0.15, 0.2) is 118 Å². The first-order valence-corrected chi connectivity index (χ1v) is 10.7. The molecule has 160 valence electrons. The number of Topliss-reactive ketones (excluding diaryl/α,β-unsaturated/α-hetero) is 2. The standard InChI is InChI=1S/C28H20N2O3/c31-27-23-16-8-7-15-22(23)26(30-29-18-21-14-9-17-33-21)25(27)28(32)24(19-10-3-1-4-11-19)20-12-5-2-6-13-20/h1-18,24-25H/b29-18-,30-26+/t25-/m0/s1. The van der Waals surface area contributed by atoms with Gasteiger partial charge in [0.2, 0.25) is 0 Å². The Morgan fingerprint density at radius 2 is 1.39 bits per heavy atom. The summed E-state index contributed by atoms with van der Waals surface area (Å²) in [5.41, 5.74) is 3.15. The molecule has 3 aromatic carbocycles. The van der Waals surface area contributed by atoms with Crippen molar-refractivity contribution in [2.75, 3.05) is 0 Å². The molecule has 1 atom stereocenters. The second-order valence-corrected chi connectivity index (χ2v) is 7.74. The molecule has 0 amide bonds. The van der Waals surface area contributed by atoms with Crippen LogP contribution in [0.2, 0.25) is 0 Å². The summed E-state index contributed by atoms with van der Waals surface area (Å²) in [6, 6.07) is 29.7. The van der Waals surface area contributed by atoms with E-state index in [4.69, 9.17) is 4.42 Å². The van der Waals surface area contributed by atoms with Crippen molar-refractivity contribution in [2.24, 2.45) is 16.1 Å². The van der Waals surface area contributed by atoms with E-state index in [-0.39, 0.29) is 11.6 Å². The van der Waals surface area contributed by atoms with E-state index in [1.165, 1.54) is 6.21 Å². The van der Waals surface area contributed by atoms with Gasteiger partial charge >= 0.3 is 0 Å². The molecule has 5 rings (SSSR count). The molecular formula is C28H20N2O3. The summed E-state index contributed by atoms with van der Waals surface area (Å²) < 4.78 is 5.26. The zero-order chi connectivity index (χ0) is 22.6. The lowest BCUT2D eigenvalue weighted by atomic mass is 9.80. The number of hydrogen-bond donors (Lipinski definition) is 0. The van der Waals surface area contributed by atoms with E-state index in [0.717, 1.165) is 11.1 Å². The zero-order valence-electron chi connectivity index (χ0n) is 17.7. The Balaban J connectivity index is 1.60. The van der Waals surface area contributed by atoms with Gasteiger partial charge in [-0.1, -0.05) is 84.9 Å². The molecule has 1 heterocycles. The molecule has 0 saturated carbocycles. The minimum absolute atomic E-state index is 0.222. The molecule has 33 heavy (non-hydrogen) atoms. The van der Waals surface area contributed by atoms with E-state index >= 15 is 0 Å². The van der Waals surface area contributed by atoms with Crippen LogP contribution in [-0.4, -0.2) is 23.5 Å². The second-order valence-electron chi connectivity index (χ2n) is 7.74. The van der Waals surface area contributed by atoms with Gasteiger partial charge in [-0.05, 0) is 23.3 Å². The fourth-order valence-electron chi connectivity index (χ4n) is 4.22. The van der Waals surface area contributed by atoms with E-state index in [0.29, 0.717) is 22.6 Å². The first-order chi connectivity index (χ1) is 16.2. The molecular weight excluding hydrogens is 412 g/mol. The van der Waals surface area contributed by atoms with Crippen LogP contribution in [0.1, 0.15) is 38.7 Å². The molecule has 1 aliphatic carbocycles. The van der Waals surface area contributed by atoms with Crippen LogP contribution in [0, 0.1) is 5.92 Å². The van der Waals surface area contributed by atoms with E-state index in [2.05, 4.69) is 10.2 Å². The Morgan fingerprint density at radius 3 is 2.00 bits per heavy atom. The summed E-state index contributed by atoms with van der Waals surface area (Å²) in [6.07, 6.45) is 3.01. The van der Waals surface area contributed by atoms with Crippen LogP contribution in [-0.2, 0) is 4.79 Å². The van der Waals surface area contributed by atoms with Gasteiger partial charge in [0.25, 0.3) is 0 Å². The largest absolute Gasteiger partial charge is 0.463 e. The third-order valence-electron chi connectivity index (χ3n) is 5.73. The number of nitrogens with zero attached hydrogens (tertiary/aromatic N) is 2. The van der Waals surface area contributed by atoms with Crippen LogP contribution in [0.3, 0.4) is 0 Å². The van der Waals surface area contributed by atoms with Gasteiger partial charge in [0.05, 0.1) is 24.1 Å². The molecule has 1 aromatic heterocycles. The normalized spacial score (nSPS) is 16.6. The van der Waals surface area contributed by atoms with Crippen molar-refractivity contribution in [3.8, 4) is 0 Å². The molecule has 1 aliphatic rings. The number of rotatable bonds is 6. The fraction of sp³-hybridized carbons (Fsp3) is 0.0714. The quantitative estimate of drug-likeness (QED) is 0.235. The Morgan fingerprint density at radius 1 is 0.788 bits per heavy atom. The minimum atomic E-state index is -1.04. The predicted octanol–water partition coefficient (Wildman–Crippen LogP) is 5.32. The summed E-state index contributed by atoms with van der Waals surface area (Å²) in [4.78, 5) is 27.5. The van der Waals surface area contributed by atoms with Crippen LogP contribution in [0.25, 0.3) is 0 Å². The summed E-state index contributed by atoms with van der Waals surface area (Å²) in [7, 11) is 0. The lowest BCUT2D eigenvalue weighted by Gasteiger charge is -2.20. The minimum Gasteiger partial charge on any atom is -0.463 e. The van der Waals surface area contributed by atoms with Crippen molar-refractivity contribution in [1.29, 1.82) is 0 Å². The number of fused-ring (bicyclic) bond motifs is 1. The van der Waals surface area contributed by atoms with Gasteiger partial charge in [0.15, 0.2) is 11.6 Å². The molecule has 0 spiro atoms. The van der Waals surface area contributed by atoms with Crippen molar-refractivity contribution >= 4 is 23.5 Å². The maximum Gasteiger partial charge on any atom is 0.180 e. The first kappa shape index (κ1) is 20.5. The number of carbonyl (C=O) groups excluding carboxylic acids is 2. The van der Waals surface area contributed by atoms with Crippen LogP contribution in [0.4, 0.5) is 0 Å². The van der Waals surface area contributed by atoms with Crippen molar-refractivity contribution in [3.63, 3.8) is 0 Å². The molecule has 0 radical (unpaired) electrons. The van der Waals surface area contributed by atoms with Gasteiger partial charge < -0.3 is 4.42 Å². The first-order valence-electron chi connectivity index (χ1n) is 10.7. The third-order valence-corrected chi connectivity index (χ3v) is 5.73. The summed E-state index contributed by atoms with van der Waals surface area (Å²) >= 11 is 0. The lowest BCUT2D eigenvalue weighted by Crippen LogP contribution is -2.31. The van der Waals surface area contributed by atoms with E-state index in [9.17, 15) is 9.59 Å². The molecule has 0 unspecified atom stereocenters. The monoisotopic (exact) mass is 432 g/mol. The highest BCUT2D eigenvalue weighted by atomic mass is 16.3. The van der Waals surface area contributed by atoms with Crippen molar-refractivity contribution in [2.45, 2.75) is 5.92 Å². The molecule has 5 nitrogen and oxygen atoms in total. The Hall–Kier alpha value is -4.38. The highest BCUT2D eigenvalue weighted by molar-refractivity contribution is 6.38. The van der Waals surface area contributed by atoms with Gasteiger partial charge in [0.1, 0.15) is 11.7 Å². The van der Waals surface area contributed by atoms with E-state index in [1.54, 1.807) is 30.5 Å². The Labute approximate surface area is 191 Å². The van der Waals surface area contributed by atoms with Crippen LogP contribution >= 0.6 is 0 Å². The maximum atomic E-state index is 14.1. The summed E-state index contributed by atoms with van der Waals surface area (Å²) in [6.45, 7) is 0. The molecule has 4 aromatic rings. The molecule has 0 saturated heterocycles. The fourth-order valence-corrected chi connectivity index (χ4v) is 4.22. The van der Waals surface area contributed by atoms with Crippen LogP contribution < -0.4 is 0 Å². The van der Waals surface area contributed by atoms with E-state index < -0.39 is 11.8 Å². The molecule has 0 aliphatic heterocycles. The van der Waals surface area contributed by atoms with E-state index in [1.807, 2.05) is 72.8 Å². The molecule has 0 bridgehead atoms. The third kappa shape index (κ3) is 3.96. The second kappa shape index (κ2) is 9.01. The maximum absolute atomic E-state index is 14.1. The van der Waals surface area contributed by atoms with Gasteiger partial charge in [0, 0.05) is 11.1 Å². The summed E-state index contributed by atoms with van der Waals surface area (Å²) in [5, 5.41) is 8.48. The highest BCUT2D eigenvalue weighted by Crippen LogP contribution is 2.35. The van der Waals surface area contributed by atoms with Gasteiger partial charge in [-0.2, -0.15) is 10.2 Å². The van der Waals surface area contributed by atoms with Gasteiger partial charge in [-0.15, -0.1) is 0 Å².